The standard InChI is InChI=1S/C31H42N6O3/c1-23-9-11-24(12-10-23)22-34-31(40)37-15-7-3-2-5-14-33-29(38)26-20-25(21-27(26)37)30(39)36-18-16-35(17-19-36)28-8-4-6-13-32-28/h4,6,8-13,25-27H,2-3,5,7,14-22H2,1H3,(H,33,38)(H,34,40). The Morgan fingerprint density at radius 2 is 1.73 bits per heavy atom. The van der Waals surface area contributed by atoms with Crippen LogP contribution in [0, 0.1) is 18.8 Å². The first-order valence-electron chi connectivity index (χ1n) is 14.8. The van der Waals surface area contributed by atoms with Gasteiger partial charge in [-0.05, 0) is 50.3 Å². The summed E-state index contributed by atoms with van der Waals surface area (Å²) in [5, 5.41) is 6.19. The molecule has 1 saturated carbocycles. The highest BCUT2D eigenvalue weighted by atomic mass is 16.2. The van der Waals surface area contributed by atoms with E-state index < -0.39 is 0 Å². The van der Waals surface area contributed by atoms with Crippen molar-refractivity contribution in [2.24, 2.45) is 11.8 Å². The minimum absolute atomic E-state index is 0.0292. The highest BCUT2D eigenvalue weighted by molar-refractivity contribution is 5.85. The molecule has 0 spiro atoms. The van der Waals surface area contributed by atoms with E-state index in [1.165, 1.54) is 5.56 Å². The lowest BCUT2D eigenvalue weighted by Gasteiger charge is -2.36. The van der Waals surface area contributed by atoms with Gasteiger partial charge in [0.25, 0.3) is 0 Å². The number of fused-ring (bicyclic) bond motifs is 1. The number of aromatic nitrogens is 1. The molecule has 3 atom stereocenters. The predicted octanol–water partition coefficient (Wildman–Crippen LogP) is 3.34. The lowest BCUT2D eigenvalue weighted by molar-refractivity contribution is -0.135. The Hall–Kier alpha value is -3.62. The van der Waals surface area contributed by atoms with Gasteiger partial charge >= 0.3 is 6.03 Å². The highest BCUT2D eigenvalue weighted by Crippen LogP contribution is 2.37. The van der Waals surface area contributed by atoms with E-state index in [4.69, 9.17) is 0 Å². The number of piperazine rings is 1. The summed E-state index contributed by atoms with van der Waals surface area (Å²) in [4.78, 5) is 51.1. The number of nitrogens with one attached hydrogen (secondary N) is 2. The summed E-state index contributed by atoms with van der Waals surface area (Å²) in [6.45, 7) is 6.45. The van der Waals surface area contributed by atoms with E-state index >= 15 is 0 Å². The van der Waals surface area contributed by atoms with Gasteiger partial charge in [-0.15, -0.1) is 0 Å². The van der Waals surface area contributed by atoms with Crippen molar-refractivity contribution in [2.45, 2.75) is 58.0 Å². The van der Waals surface area contributed by atoms with Gasteiger partial charge in [0.05, 0.1) is 5.92 Å². The van der Waals surface area contributed by atoms with Crippen LogP contribution in [0.3, 0.4) is 0 Å². The number of benzene rings is 1. The van der Waals surface area contributed by atoms with Crippen LogP contribution in [-0.4, -0.2) is 77.9 Å². The van der Waals surface area contributed by atoms with Crippen LogP contribution in [0.4, 0.5) is 10.6 Å². The first-order chi connectivity index (χ1) is 19.5. The monoisotopic (exact) mass is 546 g/mol. The summed E-state index contributed by atoms with van der Waals surface area (Å²) in [6.07, 6.45) is 6.67. The number of carbonyl (C=O) groups is 3. The molecule has 2 N–H and O–H groups in total. The van der Waals surface area contributed by atoms with E-state index in [9.17, 15) is 14.4 Å². The zero-order valence-corrected chi connectivity index (χ0v) is 23.6. The van der Waals surface area contributed by atoms with Crippen molar-refractivity contribution < 1.29 is 14.4 Å². The summed E-state index contributed by atoms with van der Waals surface area (Å²) in [7, 11) is 0. The van der Waals surface area contributed by atoms with Crippen LogP contribution in [0.1, 0.15) is 49.7 Å². The largest absolute Gasteiger partial charge is 0.356 e. The molecule has 2 saturated heterocycles. The second kappa shape index (κ2) is 13.2. The molecule has 40 heavy (non-hydrogen) atoms. The topological polar surface area (TPSA) is 97.9 Å². The quantitative estimate of drug-likeness (QED) is 0.613. The highest BCUT2D eigenvalue weighted by Gasteiger charge is 2.46. The second-order valence-electron chi connectivity index (χ2n) is 11.4. The van der Waals surface area contributed by atoms with Crippen molar-refractivity contribution in [1.82, 2.24) is 25.4 Å². The number of pyridine rings is 1. The van der Waals surface area contributed by atoms with Crippen molar-refractivity contribution in [2.75, 3.05) is 44.2 Å². The molecule has 0 radical (unpaired) electrons. The normalized spacial score (nSPS) is 24.1. The minimum Gasteiger partial charge on any atom is -0.356 e. The van der Waals surface area contributed by atoms with Gasteiger partial charge in [-0.25, -0.2) is 9.78 Å². The van der Waals surface area contributed by atoms with Crippen LogP contribution in [-0.2, 0) is 16.1 Å². The minimum atomic E-state index is -0.382. The van der Waals surface area contributed by atoms with Gasteiger partial charge < -0.3 is 25.3 Å². The van der Waals surface area contributed by atoms with Gasteiger partial charge in [0.2, 0.25) is 11.8 Å². The maximum atomic E-state index is 13.7. The number of carbonyl (C=O) groups excluding carboxylic acids is 3. The van der Waals surface area contributed by atoms with Gasteiger partial charge in [0.1, 0.15) is 5.82 Å². The molecule has 2 aromatic rings. The third kappa shape index (κ3) is 6.74. The predicted molar refractivity (Wildman–Crippen MR) is 155 cm³/mol. The molecule has 4 amide bonds. The van der Waals surface area contributed by atoms with Crippen molar-refractivity contribution in [3.63, 3.8) is 0 Å². The fourth-order valence-corrected chi connectivity index (χ4v) is 6.30. The Morgan fingerprint density at radius 1 is 0.950 bits per heavy atom. The number of nitrogens with zero attached hydrogens (tertiary/aromatic N) is 4. The summed E-state index contributed by atoms with van der Waals surface area (Å²) in [6, 6.07) is 13.6. The van der Waals surface area contributed by atoms with Crippen molar-refractivity contribution in [3.05, 3.63) is 59.8 Å². The Bertz CT molecular complexity index is 1150. The van der Waals surface area contributed by atoms with E-state index in [1.807, 2.05) is 59.2 Å². The lowest BCUT2D eigenvalue weighted by Crippen LogP contribution is -2.51. The molecule has 1 aromatic heterocycles. The fraction of sp³-hybridized carbons (Fsp3) is 0.548. The smallest absolute Gasteiger partial charge is 0.317 e. The van der Waals surface area contributed by atoms with Crippen LogP contribution in [0.2, 0.25) is 0 Å². The first kappa shape index (κ1) is 27.9. The number of hydrogen-bond acceptors (Lipinski definition) is 5. The van der Waals surface area contributed by atoms with E-state index in [0.717, 1.165) is 50.2 Å². The molecule has 3 unspecified atom stereocenters. The average molecular weight is 547 g/mol. The third-order valence-corrected chi connectivity index (χ3v) is 8.63. The SMILES string of the molecule is Cc1ccc(CNC(=O)N2CCCCCCNC(=O)C3CC(C(=O)N4CCN(c5ccccn5)CC4)CC32)cc1. The van der Waals surface area contributed by atoms with Crippen LogP contribution in [0.5, 0.6) is 0 Å². The maximum Gasteiger partial charge on any atom is 0.317 e. The summed E-state index contributed by atoms with van der Waals surface area (Å²) < 4.78 is 0. The van der Waals surface area contributed by atoms with Crippen LogP contribution >= 0.6 is 0 Å². The number of urea groups is 1. The van der Waals surface area contributed by atoms with E-state index in [1.54, 1.807) is 6.20 Å². The van der Waals surface area contributed by atoms with Crippen molar-refractivity contribution >= 4 is 23.7 Å². The number of amides is 4. The second-order valence-corrected chi connectivity index (χ2v) is 11.4. The zero-order valence-electron chi connectivity index (χ0n) is 23.6. The summed E-state index contributed by atoms with van der Waals surface area (Å²) in [5.74, 6) is 0.358. The fourth-order valence-electron chi connectivity index (χ4n) is 6.30. The molecule has 2 aliphatic heterocycles. The summed E-state index contributed by atoms with van der Waals surface area (Å²) in [5.41, 5.74) is 2.21. The van der Waals surface area contributed by atoms with Crippen LogP contribution in [0.25, 0.3) is 0 Å². The molecule has 3 fully saturated rings. The molecule has 0 bridgehead atoms. The molecule has 214 valence electrons. The third-order valence-electron chi connectivity index (χ3n) is 8.63. The molecule has 3 aliphatic rings. The van der Waals surface area contributed by atoms with Gasteiger partial charge in [-0.3, -0.25) is 9.59 Å². The Morgan fingerprint density at radius 3 is 2.48 bits per heavy atom. The molecule has 3 heterocycles. The van der Waals surface area contributed by atoms with E-state index in [2.05, 4.69) is 20.5 Å². The number of anilines is 1. The van der Waals surface area contributed by atoms with Gasteiger partial charge in [0, 0.05) is 64.0 Å². The molecule has 9 heteroatoms. The Balaban J connectivity index is 1.27. The molecule has 1 aliphatic carbocycles. The molecule has 1 aromatic carbocycles. The van der Waals surface area contributed by atoms with Crippen molar-refractivity contribution in [1.29, 1.82) is 0 Å². The van der Waals surface area contributed by atoms with Crippen LogP contribution < -0.4 is 15.5 Å². The number of hydrogen-bond donors (Lipinski definition) is 2. The maximum absolute atomic E-state index is 13.7. The lowest BCUT2D eigenvalue weighted by atomic mass is 10.00. The molecular formula is C31H42N6O3. The first-order valence-corrected chi connectivity index (χ1v) is 14.8. The van der Waals surface area contributed by atoms with E-state index in [-0.39, 0.29) is 35.7 Å². The Labute approximate surface area is 237 Å². The van der Waals surface area contributed by atoms with E-state index in [0.29, 0.717) is 45.6 Å². The van der Waals surface area contributed by atoms with Crippen LogP contribution in [0.15, 0.2) is 48.7 Å². The average Bonchev–Trinajstić information content (AvgIpc) is 3.42. The summed E-state index contributed by atoms with van der Waals surface area (Å²) >= 11 is 0. The molecule has 5 rings (SSSR count). The van der Waals surface area contributed by atoms with Gasteiger partial charge in [0.15, 0.2) is 0 Å². The molecular weight excluding hydrogens is 504 g/mol. The zero-order chi connectivity index (χ0) is 27.9. The number of rotatable bonds is 4. The van der Waals surface area contributed by atoms with Gasteiger partial charge in [-0.1, -0.05) is 48.7 Å². The van der Waals surface area contributed by atoms with Crippen molar-refractivity contribution in [3.8, 4) is 0 Å². The number of aryl methyl sites for hydroxylation is 1. The Kier molecular flexibility index (Phi) is 9.19. The van der Waals surface area contributed by atoms with Gasteiger partial charge in [-0.2, -0.15) is 0 Å². The molecule has 9 nitrogen and oxygen atoms in total.